The molecule has 1 aromatic carbocycles. The molecule has 2 heterocycles. The van der Waals surface area contributed by atoms with Gasteiger partial charge < -0.3 is 15.0 Å². The van der Waals surface area contributed by atoms with Gasteiger partial charge in [-0.2, -0.15) is 0 Å². The van der Waals surface area contributed by atoms with Crippen LogP contribution >= 0.6 is 23.1 Å². The molecule has 0 bridgehead atoms. The molecule has 3 rings (SSSR count). The van der Waals surface area contributed by atoms with Crippen LogP contribution in [0, 0.1) is 5.82 Å². The molecule has 10 heteroatoms. The normalized spacial score (nSPS) is 15.1. The zero-order valence-corrected chi connectivity index (χ0v) is 15.1. The van der Waals surface area contributed by atoms with E-state index >= 15 is 0 Å². The molecule has 0 aliphatic carbocycles. The number of thioether (sulfide) groups is 1. The molecule has 0 saturated carbocycles. The van der Waals surface area contributed by atoms with Crippen molar-refractivity contribution >= 4 is 39.9 Å². The lowest BCUT2D eigenvalue weighted by Crippen LogP contribution is -3.14. The zero-order valence-electron chi connectivity index (χ0n) is 13.5. The first-order chi connectivity index (χ1) is 12.2. The third kappa shape index (κ3) is 5.92. The van der Waals surface area contributed by atoms with Crippen molar-refractivity contribution in [2.24, 2.45) is 0 Å². The summed E-state index contributed by atoms with van der Waals surface area (Å²) in [7, 11) is 0. The fourth-order valence-electron chi connectivity index (χ4n) is 2.30. The van der Waals surface area contributed by atoms with Gasteiger partial charge in [-0.1, -0.05) is 23.1 Å². The highest BCUT2D eigenvalue weighted by Gasteiger charge is 2.14. The first-order valence-corrected chi connectivity index (χ1v) is 9.70. The van der Waals surface area contributed by atoms with Gasteiger partial charge in [0.05, 0.1) is 19.8 Å². The van der Waals surface area contributed by atoms with Crippen molar-refractivity contribution in [3.63, 3.8) is 0 Å². The quantitative estimate of drug-likeness (QED) is 0.517. The predicted octanol–water partition coefficient (Wildman–Crippen LogP) is 1.33. The Morgan fingerprint density at radius 3 is 2.76 bits per heavy atom. The number of morpholine rings is 1. The molecule has 1 aromatic heterocycles. The topological polar surface area (TPSA) is 80.6 Å². The van der Waals surface area contributed by atoms with Crippen LogP contribution in [0.3, 0.4) is 0 Å². The van der Waals surface area contributed by atoms with Gasteiger partial charge in [-0.3, -0.25) is 5.32 Å². The van der Waals surface area contributed by atoms with Gasteiger partial charge in [0.15, 0.2) is 4.34 Å². The number of halogens is 1. The lowest BCUT2D eigenvalue weighted by molar-refractivity contribution is -0.905. The van der Waals surface area contributed by atoms with Crippen LogP contribution in [0.15, 0.2) is 28.6 Å². The second-order valence-electron chi connectivity index (χ2n) is 5.42. The van der Waals surface area contributed by atoms with E-state index in [9.17, 15) is 9.18 Å². The summed E-state index contributed by atoms with van der Waals surface area (Å²) in [6.45, 7) is 4.81. The second-order valence-corrected chi connectivity index (χ2v) is 7.74. The maximum absolute atomic E-state index is 12.8. The molecule has 3 N–H and O–H groups in total. The standard InChI is InChI=1S/C15H18FN5O2S2/c16-11-1-3-12(4-2-11)17-13(22)18-14-19-20-15(25-14)24-10-7-21-5-8-23-9-6-21/h1-4H,5-10H2,(H2,17,18,19,22)/p+1. The Morgan fingerprint density at radius 2 is 2.00 bits per heavy atom. The number of urea groups is 1. The molecular formula is C15H19FN5O2S2+. The highest BCUT2D eigenvalue weighted by molar-refractivity contribution is 8.01. The molecule has 7 nitrogen and oxygen atoms in total. The van der Waals surface area contributed by atoms with Crippen LogP contribution in [-0.4, -0.2) is 54.8 Å². The van der Waals surface area contributed by atoms with E-state index in [1.165, 1.54) is 35.6 Å². The smallest absolute Gasteiger partial charge is 0.325 e. The van der Waals surface area contributed by atoms with Crippen LogP contribution in [-0.2, 0) is 4.74 Å². The first-order valence-electron chi connectivity index (χ1n) is 7.90. The molecule has 1 aliphatic rings. The van der Waals surface area contributed by atoms with Gasteiger partial charge >= 0.3 is 6.03 Å². The molecule has 134 valence electrons. The lowest BCUT2D eigenvalue weighted by Gasteiger charge is -2.23. The number of nitrogens with zero attached hydrogens (tertiary/aromatic N) is 2. The van der Waals surface area contributed by atoms with Gasteiger partial charge in [0.25, 0.3) is 0 Å². The van der Waals surface area contributed by atoms with Gasteiger partial charge in [0.2, 0.25) is 5.13 Å². The lowest BCUT2D eigenvalue weighted by atomic mass is 10.3. The fourth-order valence-corrected chi connectivity index (χ4v) is 4.16. The van der Waals surface area contributed by atoms with Crippen LogP contribution < -0.4 is 15.5 Å². The van der Waals surface area contributed by atoms with Gasteiger partial charge in [-0.25, -0.2) is 9.18 Å². The third-order valence-corrected chi connectivity index (χ3v) is 5.58. The molecule has 25 heavy (non-hydrogen) atoms. The summed E-state index contributed by atoms with van der Waals surface area (Å²) in [5.74, 6) is 0.599. The van der Waals surface area contributed by atoms with Gasteiger partial charge in [0, 0.05) is 11.4 Å². The summed E-state index contributed by atoms with van der Waals surface area (Å²) in [5, 5.41) is 13.7. The predicted molar refractivity (Wildman–Crippen MR) is 96.1 cm³/mol. The summed E-state index contributed by atoms with van der Waals surface area (Å²) >= 11 is 2.97. The molecule has 0 spiro atoms. The summed E-state index contributed by atoms with van der Waals surface area (Å²) in [4.78, 5) is 13.4. The highest BCUT2D eigenvalue weighted by Crippen LogP contribution is 2.25. The second kappa shape index (κ2) is 9.09. The van der Waals surface area contributed by atoms with E-state index in [4.69, 9.17) is 4.74 Å². The number of benzene rings is 1. The SMILES string of the molecule is O=C(Nc1ccc(F)cc1)Nc1nnc(SCC[NH+]2CCOCC2)s1. The maximum Gasteiger partial charge on any atom is 0.325 e. The van der Waals surface area contributed by atoms with Crippen molar-refractivity contribution < 1.29 is 18.8 Å². The Morgan fingerprint density at radius 1 is 1.24 bits per heavy atom. The Labute approximate surface area is 153 Å². The molecule has 1 saturated heterocycles. The number of aromatic nitrogens is 2. The van der Waals surface area contributed by atoms with Crippen molar-refractivity contribution in [3.05, 3.63) is 30.1 Å². The van der Waals surface area contributed by atoms with Crippen molar-refractivity contribution in [1.82, 2.24) is 10.2 Å². The fraction of sp³-hybridized carbons (Fsp3) is 0.400. The number of quaternary nitrogens is 1. The average molecular weight is 384 g/mol. The molecule has 0 unspecified atom stereocenters. The zero-order chi connectivity index (χ0) is 17.5. The number of nitrogens with one attached hydrogen (secondary N) is 3. The van der Waals surface area contributed by atoms with Crippen LogP contribution in [0.4, 0.5) is 20.0 Å². The number of carbonyl (C=O) groups excluding carboxylic acids is 1. The Hall–Kier alpha value is -1.75. The molecule has 1 aliphatic heterocycles. The van der Waals surface area contributed by atoms with Crippen molar-refractivity contribution in [2.75, 3.05) is 49.2 Å². The van der Waals surface area contributed by atoms with E-state index < -0.39 is 6.03 Å². The van der Waals surface area contributed by atoms with E-state index in [1.807, 2.05) is 0 Å². The third-order valence-electron chi connectivity index (χ3n) is 3.61. The molecule has 2 amide bonds. The number of hydrogen-bond acceptors (Lipinski definition) is 6. The van der Waals surface area contributed by atoms with Crippen LogP contribution in [0.1, 0.15) is 0 Å². The van der Waals surface area contributed by atoms with E-state index in [0.29, 0.717) is 10.8 Å². The van der Waals surface area contributed by atoms with Crippen LogP contribution in [0.25, 0.3) is 0 Å². The van der Waals surface area contributed by atoms with Crippen molar-refractivity contribution in [3.8, 4) is 0 Å². The number of carbonyl (C=O) groups is 1. The van der Waals surface area contributed by atoms with E-state index in [1.54, 1.807) is 16.7 Å². The largest absolute Gasteiger partial charge is 0.370 e. The Balaban J connectivity index is 1.41. The molecule has 0 radical (unpaired) electrons. The Bertz CT molecular complexity index is 691. The highest BCUT2D eigenvalue weighted by atomic mass is 32.2. The molecule has 2 aromatic rings. The summed E-state index contributed by atoms with van der Waals surface area (Å²) in [6.07, 6.45) is 0. The minimum absolute atomic E-state index is 0.351. The number of anilines is 2. The summed E-state index contributed by atoms with van der Waals surface area (Å²) < 4.78 is 19.0. The van der Waals surface area contributed by atoms with Gasteiger partial charge in [-0.15, -0.1) is 10.2 Å². The van der Waals surface area contributed by atoms with E-state index in [-0.39, 0.29) is 5.82 Å². The number of ether oxygens (including phenoxy) is 1. The van der Waals surface area contributed by atoms with Gasteiger partial charge in [0.1, 0.15) is 18.9 Å². The number of amides is 2. The van der Waals surface area contributed by atoms with Crippen LogP contribution in [0.2, 0.25) is 0 Å². The number of rotatable bonds is 6. The summed E-state index contributed by atoms with van der Waals surface area (Å²) in [5.41, 5.74) is 0.506. The average Bonchev–Trinajstić information content (AvgIpc) is 3.05. The van der Waals surface area contributed by atoms with Crippen molar-refractivity contribution in [1.29, 1.82) is 0 Å². The summed E-state index contributed by atoms with van der Waals surface area (Å²) in [6, 6.07) is 5.11. The first kappa shape index (κ1) is 18.1. The molecule has 0 atom stereocenters. The minimum atomic E-state index is -0.433. The maximum atomic E-state index is 12.8. The molecular weight excluding hydrogens is 365 g/mol. The van der Waals surface area contributed by atoms with Crippen molar-refractivity contribution in [2.45, 2.75) is 4.34 Å². The van der Waals surface area contributed by atoms with Crippen LogP contribution in [0.5, 0.6) is 0 Å². The number of hydrogen-bond donors (Lipinski definition) is 3. The van der Waals surface area contributed by atoms with E-state index in [2.05, 4.69) is 20.8 Å². The van der Waals surface area contributed by atoms with E-state index in [0.717, 1.165) is 42.9 Å². The molecule has 1 fully saturated rings. The Kier molecular flexibility index (Phi) is 6.56. The minimum Gasteiger partial charge on any atom is -0.370 e. The van der Waals surface area contributed by atoms with Gasteiger partial charge in [-0.05, 0) is 24.3 Å². The monoisotopic (exact) mass is 384 g/mol.